The molecule has 3 rings (SSSR count). The van der Waals surface area contributed by atoms with Crippen molar-refractivity contribution in [2.75, 3.05) is 16.2 Å². The van der Waals surface area contributed by atoms with E-state index in [4.69, 9.17) is 16.3 Å². The molecular formula is C24H26ClF3N2O6S. The largest absolute Gasteiger partial charge is 0.513 e. The summed E-state index contributed by atoms with van der Waals surface area (Å²) < 4.78 is 78.0. The molecule has 1 heterocycles. The van der Waals surface area contributed by atoms with Gasteiger partial charge in [-0.2, -0.15) is 13.2 Å². The molecule has 0 spiro atoms. The third kappa shape index (κ3) is 6.42. The second kappa shape index (κ2) is 10.3. The van der Waals surface area contributed by atoms with Crippen molar-refractivity contribution in [1.29, 1.82) is 0 Å². The summed E-state index contributed by atoms with van der Waals surface area (Å²) in [6, 6.07) is 8.23. The Bertz CT molecular complexity index is 1310. The van der Waals surface area contributed by atoms with Gasteiger partial charge in [0, 0.05) is 17.1 Å². The van der Waals surface area contributed by atoms with E-state index < -0.39 is 34.0 Å². The zero-order valence-electron chi connectivity index (χ0n) is 20.2. The minimum absolute atomic E-state index is 0.0188. The first-order valence-electron chi connectivity index (χ1n) is 11.0. The summed E-state index contributed by atoms with van der Waals surface area (Å²) in [7, 11) is -4.19. The summed E-state index contributed by atoms with van der Waals surface area (Å²) in [4.78, 5) is 12.1. The lowest BCUT2D eigenvalue weighted by molar-refractivity contribution is -0.242. The number of nitrogens with zero attached hydrogens (tertiary/aromatic N) is 1. The molecule has 202 valence electrons. The number of amides is 1. The fourth-order valence-corrected chi connectivity index (χ4v) is 5.16. The van der Waals surface area contributed by atoms with Crippen LogP contribution >= 0.6 is 11.6 Å². The summed E-state index contributed by atoms with van der Waals surface area (Å²) in [5.74, 6) is 0.0603. The quantitative estimate of drug-likeness (QED) is 0.381. The van der Waals surface area contributed by atoms with E-state index in [0.29, 0.717) is 19.4 Å². The Morgan fingerprint density at radius 1 is 1.27 bits per heavy atom. The zero-order valence-corrected chi connectivity index (χ0v) is 21.8. The minimum atomic E-state index is -4.80. The molecule has 2 N–H and O–H groups in total. The van der Waals surface area contributed by atoms with Crippen LogP contribution in [0.2, 0.25) is 5.02 Å². The van der Waals surface area contributed by atoms with Gasteiger partial charge >= 0.3 is 12.3 Å². The van der Waals surface area contributed by atoms with Crippen LogP contribution in [0.25, 0.3) is 0 Å². The van der Waals surface area contributed by atoms with E-state index >= 15 is 0 Å². The number of aliphatic hydroxyl groups excluding tert-OH is 1. The third-order valence-corrected chi connectivity index (χ3v) is 7.84. The Kier molecular flexibility index (Phi) is 7.94. The monoisotopic (exact) mass is 562 g/mol. The van der Waals surface area contributed by atoms with Crippen molar-refractivity contribution in [1.82, 2.24) is 0 Å². The summed E-state index contributed by atoms with van der Waals surface area (Å²) in [6.07, 6.45) is -6.40. The number of nitrogens with one attached hydrogen (secondary N) is 1. The Labute approximate surface area is 217 Å². The number of anilines is 2. The van der Waals surface area contributed by atoms with Crippen molar-refractivity contribution < 1.29 is 41.0 Å². The standard InChI is InChI=1S/C24H26ClF3N2O6S/c1-14-5-9-18(12-19(14)25)37(33,34)30-13-17(8-6-15(2)31)35-21-10-7-16(11-20(21)30)29-22(32)36-23(3,4)24(26,27)28/h5,7,9-12,17,31H,2,6,8,13H2,1,3-4H3,(H,29,32)/t17-/m0/s1. The van der Waals surface area contributed by atoms with Gasteiger partial charge < -0.3 is 14.6 Å². The van der Waals surface area contributed by atoms with E-state index in [-0.39, 0.29) is 52.2 Å². The molecule has 0 saturated carbocycles. The number of ether oxygens (including phenoxy) is 2. The van der Waals surface area contributed by atoms with Crippen LogP contribution < -0.4 is 14.4 Å². The van der Waals surface area contributed by atoms with E-state index in [0.717, 1.165) is 4.31 Å². The van der Waals surface area contributed by atoms with Gasteiger partial charge in [-0.25, -0.2) is 13.2 Å². The Morgan fingerprint density at radius 3 is 2.54 bits per heavy atom. The highest BCUT2D eigenvalue weighted by atomic mass is 35.5. The molecule has 13 heteroatoms. The van der Waals surface area contributed by atoms with Gasteiger partial charge in [0.15, 0.2) is 0 Å². The molecule has 2 aromatic carbocycles. The van der Waals surface area contributed by atoms with Gasteiger partial charge in [-0.15, -0.1) is 0 Å². The van der Waals surface area contributed by atoms with Crippen LogP contribution in [0.3, 0.4) is 0 Å². The van der Waals surface area contributed by atoms with Crippen LogP contribution in [0.1, 0.15) is 32.3 Å². The van der Waals surface area contributed by atoms with Gasteiger partial charge in [-0.1, -0.05) is 24.2 Å². The van der Waals surface area contributed by atoms with Crippen molar-refractivity contribution in [2.24, 2.45) is 0 Å². The smallest absolute Gasteiger partial charge is 0.427 e. The van der Waals surface area contributed by atoms with E-state index in [1.165, 1.54) is 30.3 Å². The van der Waals surface area contributed by atoms with Crippen molar-refractivity contribution in [3.63, 3.8) is 0 Å². The van der Waals surface area contributed by atoms with Gasteiger partial charge in [0.2, 0.25) is 5.60 Å². The zero-order chi connectivity index (χ0) is 27.8. The first kappa shape index (κ1) is 28.5. The third-order valence-electron chi connectivity index (χ3n) is 5.65. The Hall–Kier alpha value is -3.12. The molecular weight excluding hydrogens is 537 g/mol. The number of carbonyl (C=O) groups is 1. The first-order chi connectivity index (χ1) is 17.0. The van der Waals surface area contributed by atoms with E-state index in [1.807, 2.05) is 0 Å². The lowest BCUT2D eigenvalue weighted by Crippen LogP contribution is -2.44. The molecule has 0 aliphatic carbocycles. The summed E-state index contributed by atoms with van der Waals surface area (Å²) in [6.45, 7) is 6.41. The predicted octanol–water partition coefficient (Wildman–Crippen LogP) is 6.35. The Morgan fingerprint density at radius 2 is 1.95 bits per heavy atom. The van der Waals surface area contributed by atoms with Gasteiger partial charge in [0.1, 0.15) is 11.9 Å². The van der Waals surface area contributed by atoms with Crippen LogP contribution in [0, 0.1) is 6.92 Å². The molecule has 0 aromatic heterocycles. The van der Waals surface area contributed by atoms with Crippen LogP contribution in [-0.2, 0) is 14.8 Å². The minimum Gasteiger partial charge on any atom is -0.513 e. The predicted molar refractivity (Wildman–Crippen MR) is 133 cm³/mol. The van der Waals surface area contributed by atoms with E-state index in [9.17, 15) is 31.5 Å². The van der Waals surface area contributed by atoms with Gasteiger partial charge in [0.25, 0.3) is 10.0 Å². The molecule has 1 aliphatic heterocycles. The lowest BCUT2D eigenvalue weighted by Gasteiger charge is -2.36. The molecule has 1 aliphatic rings. The maximum Gasteiger partial charge on any atom is 0.427 e. The SMILES string of the molecule is C=C(O)CC[C@H]1CN(S(=O)(=O)c2ccc(C)c(Cl)c2)c2cc(NC(=O)OC(C)(C)C(F)(F)F)ccc2O1. The maximum atomic E-state index is 13.6. The number of benzene rings is 2. The van der Waals surface area contributed by atoms with Crippen LogP contribution in [0.5, 0.6) is 5.75 Å². The van der Waals surface area contributed by atoms with Gasteiger partial charge in [-0.05, 0) is 63.1 Å². The molecule has 1 amide bonds. The number of carbonyl (C=O) groups excluding carboxylic acids is 1. The fraction of sp³-hybridized carbons (Fsp3) is 0.375. The van der Waals surface area contributed by atoms with Crippen molar-refractivity contribution in [2.45, 2.75) is 56.4 Å². The highest BCUT2D eigenvalue weighted by molar-refractivity contribution is 7.92. The van der Waals surface area contributed by atoms with Crippen LogP contribution in [0.15, 0.2) is 53.6 Å². The maximum absolute atomic E-state index is 13.6. The van der Waals surface area contributed by atoms with Crippen LogP contribution in [0.4, 0.5) is 29.3 Å². The number of aliphatic hydroxyl groups is 1. The molecule has 8 nitrogen and oxygen atoms in total. The molecule has 2 aromatic rings. The molecule has 0 saturated heterocycles. The number of aryl methyl sites for hydroxylation is 1. The number of fused-ring (bicyclic) bond motifs is 1. The fourth-order valence-electron chi connectivity index (χ4n) is 3.39. The van der Waals surface area contributed by atoms with Gasteiger partial charge in [0.05, 0.1) is 22.9 Å². The van der Waals surface area contributed by atoms with Crippen molar-refractivity contribution in [3.05, 3.63) is 59.3 Å². The summed E-state index contributed by atoms with van der Waals surface area (Å²) >= 11 is 6.15. The molecule has 0 unspecified atom stereocenters. The van der Waals surface area contributed by atoms with Crippen molar-refractivity contribution in [3.8, 4) is 5.75 Å². The molecule has 0 bridgehead atoms. The van der Waals surface area contributed by atoms with E-state index in [2.05, 4.69) is 16.6 Å². The second-order valence-corrected chi connectivity index (χ2v) is 11.3. The van der Waals surface area contributed by atoms with Gasteiger partial charge in [-0.3, -0.25) is 9.62 Å². The number of allylic oxidation sites excluding steroid dienone is 1. The molecule has 0 radical (unpaired) electrons. The average Bonchev–Trinajstić information content (AvgIpc) is 2.77. The normalized spacial score (nSPS) is 16.0. The second-order valence-electron chi connectivity index (χ2n) is 9.00. The number of hydrogen-bond donors (Lipinski definition) is 2. The lowest BCUT2D eigenvalue weighted by atomic mass is 10.1. The topological polar surface area (TPSA) is 105 Å². The van der Waals surface area contributed by atoms with E-state index in [1.54, 1.807) is 13.0 Å². The highest BCUT2D eigenvalue weighted by Gasteiger charge is 2.51. The Balaban J connectivity index is 1.97. The summed E-state index contributed by atoms with van der Waals surface area (Å²) in [5.41, 5.74) is -2.05. The van der Waals surface area contributed by atoms with Crippen LogP contribution in [-0.4, -0.2) is 44.0 Å². The average molecular weight is 563 g/mol. The number of alkyl halides is 3. The number of hydrogen-bond acceptors (Lipinski definition) is 6. The highest BCUT2D eigenvalue weighted by Crippen LogP contribution is 2.40. The number of halogens is 4. The number of rotatable bonds is 7. The van der Waals surface area contributed by atoms with Crippen molar-refractivity contribution >= 4 is 39.1 Å². The molecule has 1 atom stereocenters. The summed E-state index contributed by atoms with van der Waals surface area (Å²) in [5, 5.41) is 11.9. The molecule has 37 heavy (non-hydrogen) atoms. The molecule has 0 fully saturated rings. The number of sulfonamides is 1. The first-order valence-corrected chi connectivity index (χ1v) is 12.9.